The summed E-state index contributed by atoms with van der Waals surface area (Å²) >= 11 is 5.86. The van der Waals surface area contributed by atoms with E-state index in [9.17, 15) is 4.79 Å². The van der Waals surface area contributed by atoms with Crippen LogP contribution >= 0.6 is 11.6 Å². The molecule has 23 heavy (non-hydrogen) atoms. The second-order valence-electron chi connectivity index (χ2n) is 4.99. The Morgan fingerprint density at radius 2 is 2.04 bits per heavy atom. The zero-order valence-corrected chi connectivity index (χ0v) is 13.6. The lowest BCUT2D eigenvalue weighted by molar-refractivity contribution is -0.117. The van der Waals surface area contributed by atoms with Crippen LogP contribution in [0.5, 0.6) is 0 Å². The number of nitrogens with zero attached hydrogens (tertiary/aromatic N) is 1. The summed E-state index contributed by atoms with van der Waals surface area (Å²) in [4.78, 5) is 11.9. The maximum Gasteiger partial charge on any atom is 0.262 e. The van der Waals surface area contributed by atoms with Crippen molar-refractivity contribution in [2.75, 3.05) is 6.54 Å². The van der Waals surface area contributed by atoms with Crippen molar-refractivity contribution < 1.29 is 9.21 Å². The van der Waals surface area contributed by atoms with Gasteiger partial charge in [0.15, 0.2) is 0 Å². The molecule has 0 saturated heterocycles. The first-order chi connectivity index (χ1) is 11.1. The fraction of sp³-hybridized carbons (Fsp3) is 0.222. The SMILES string of the molecule is CCCCNC(=O)/C(C#N)=C/c1ccc(-c2ccc(Cl)cc2)o1. The number of rotatable bonds is 6. The lowest BCUT2D eigenvalue weighted by Gasteiger charge is -2.02. The molecule has 0 radical (unpaired) electrons. The molecule has 4 nitrogen and oxygen atoms in total. The fourth-order valence-electron chi connectivity index (χ4n) is 1.96. The van der Waals surface area contributed by atoms with Gasteiger partial charge in [-0.2, -0.15) is 5.26 Å². The molecule has 0 atom stereocenters. The first-order valence-corrected chi connectivity index (χ1v) is 7.77. The van der Waals surface area contributed by atoms with Crippen molar-refractivity contribution in [3.63, 3.8) is 0 Å². The van der Waals surface area contributed by atoms with Gasteiger partial charge in [-0.15, -0.1) is 0 Å². The maximum absolute atomic E-state index is 11.9. The van der Waals surface area contributed by atoms with Gasteiger partial charge in [0, 0.05) is 23.2 Å². The van der Waals surface area contributed by atoms with Crippen LogP contribution in [0.4, 0.5) is 0 Å². The third-order valence-corrected chi connectivity index (χ3v) is 3.48. The molecule has 0 bridgehead atoms. The van der Waals surface area contributed by atoms with Crippen molar-refractivity contribution >= 4 is 23.6 Å². The van der Waals surface area contributed by atoms with Crippen LogP contribution in [0.3, 0.4) is 0 Å². The highest BCUT2D eigenvalue weighted by Gasteiger charge is 2.10. The largest absolute Gasteiger partial charge is 0.457 e. The second kappa shape index (κ2) is 8.21. The van der Waals surface area contributed by atoms with Crippen LogP contribution in [0, 0.1) is 11.3 Å². The molecule has 0 aliphatic heterocycles. The number of benzene rings is 1. The van der Waals surface area contributed by atoms with Gasteiger partial charge in [0.25, 0.3) is 5.91 Å². The minimum absolute atomic E-state index is 0.0260. The third kappa shape index (κ3) is 4.73. The van der Waals surface area contributed by atoms with Crippen molar-refractivity contribution in [3.05, 3.63) is 52.8 Å². The van der Waals surface area contributed by atoms with Crippen molar-refractivity contribution in [2.45, 2.75) is 19.8 Å². The zero-order valence-electron chi connectivity index (χ0n) is 12.8. The Morgan fingerprint density at radius 1 is 1.30 bits per heavy atom. The van der Waals surface area contributed by atoms with Gasteiger partial charge in [0.2, 0.25) is 0 Å². The molecule has 1 heterocycles. The van der Waals surface area contributed by atoms with Crippen molar-refractivity contribution in [3.8, 4) is 17.4 Å². The Hall–Kier alpha value is -2.51. The monoisotopic (exact) mass is 328 g/mol. The molecule has 0 spiro atoms. The van der Waals surface area contributed by atoms with Crippen LogP contribution in [-0.4, -0.2) is 12.5 Å². The van der Waals surface area contributed by atoms with Crippen LogP contribution in [-0.2, 0) is 4.79 Å². The summed E-state index contributed by atoms with van der Waals surface area (Å²) in [5.41, 5.74) is 0.901. The average molecular weight is 329 g/mol. The number of carbonyl (C=O) groups is 1. The molecule has 1 aromatic heterocycles. The molecular weight excluding hydrogens is 312 g/mol. The first kappa shape index (κ1) is 16.9. The Kier molecular flexibility index (Phi) is 6.02. The topological polar surface area (TPSA) is 66.0 Å². The Balaban J connectivity index is 2.13. The first-order valence-electron chi connectivity index (χ1n) is 7.40. The molecule has 0 fully saturated rings. The van der Waals surface area contributed by atoms with Gasteiger partial charge in [0.05, 0.1) is 0 Å². The van der Waals surface area contributed by atoms with E-state index in [1.54, 1.807) is 24.3 Å². The van der Waals surface area contributed by atoms with E-state index in [0.717, 1.165) is 18.4 Å². The van der Waals surface area contributed by atoms with Gasteiger partial charge in [0.1, 0.15) is 23.2 Å². The zero-order chi connectivity index (χ0) is 16.7. The molecule has 0 aliphatic rings. The maximum atomic E-state index is 11.9. The van der Waals surface area contributed by atoms with Crippen LogP contribution in [0.1, 0.15) is 25.5 Å². The molecule has 118 valence electrons. The molecule has 1 aromatic carbocycles. The van der Waals surface area contributed by atoms with Crippen LogP contribution in [0.15, 0.2) is 46.4 Å². The van der Waals surface area contributed by atoms with E-state index in [1.165, 1.54) is 6.08 Å². The van der Waals surface area contributed by atoms with E-state index >= 15 is 0 Å². The summed E-state index contributed by atoms with van der Waals surface area (Å²) in [6.07, 6.45) is 3.31. The van der Waals surface area contributed by atoms with Crippen LogP contribution in [0.2, 0.25) is 5.02 Å². The summed E-state index contributed by atoms with van der Waals surface area (Å²) in [5, 5.41) is 12.5. The molecule has 0 saturated carbocycles. The number of furan rings is 1. The van der Waals surface area contributed by atoms with Crippen molar-refractivity contribution in [2.24, 2.45) is 0 Å². The average Bonchev–Trinajstić information content (AvgIpc) is 3.02. The molecule has 2 aromatic rings. The summed E-state index contributed by atoms with van der Waals surface area (Å²) in [6, 6.07) is 12.7. The van der Waals surface area contributed by atoms with E-state index in [-0.39, 0.29) is 11.5 Å². The van der Waals surface area contributed by atoms with Gasteiger partial charge in [-0.1, -0.05) is 24.9 Å². The van der Waals surface area contributed by atoms with Gasteiger partial charge in [-0.05, 0) is 42.8 Å². The van der Waals surface area contributed by atoms with Gasteiger partial charge < -0.3 is 9.73 Å². The van der Waals surface area contributed by atoms with E-state index < -0.39 is 0 Å². The minimum atomic E-state index is -0.384. The highest BCUT2D eigenvalue weighted by molar-refractivity contribution is 6.30. The van der Waals surface area contributed by atoms with Gasteiger partial charge in [-0.25, -0.2) is 0 Å². The summed E-state index contributed by atoms with van der Waals surface area (Å²) < 4.78 is 5.67. The normalized spacial score (nSPS) is 11.1. The predicted octanol–water partition coefficient (Wildman–Crippen LogP) is 4.42. The third-order valence-electron chi connectivity index (χ3n) is 3.22. The second-order valence-corrected chi connectivity index (χ2v) is 5.42. The highest BCUT2D eigenvalue weighted by atomic mass is 35.5. The quantitative estimate of drug-likeness (QED) is 0.485. The number of carbonyl (C=O) groups excluding carboxylic acids is 1. The fourth-order valence-corrected chi connectivity index (χ4v) is 2.09. The summed E-state index contributed by atoms with van der Waals surface area (Å²) in [6.45, 7) is 2.59. The molecule has 1 amide bonds. The molecule has 5 heteroatoms. The van der Waals surface area contributed by atoms with Crippen molar-refractivity contribution in [1.29, 1.82) is 5.26 Å². The summed E-state index contributed by atoms with van der Waals surface area (Å²) in [5.74, 6) is 0.721. The van der Waals surface area contributed by atoms with Crippen molar-refractivity contribution in [1.82, 2.24) is 5.32 Å². The van der Waals surface area contributed by atoms with Gasteiger partial charge in [-0.3, -0.25) is 4.79 Å². The number of nitrogens with one attached hydrogen (secondary N) is 1. The number of amides is 1. The number of halogens is 1. The minimum Gasteiger partial charge on any atom is -0.457 e. The lowest BCUT2D eigenvalue weighted by Crippen LogP contribution is -2.25. The number of nitriles is 1. The molecule has 2 rings (SSSR count). The smallest absolute Gasteiger partial charge is 0.262 e. The number of hydrogen-bond acceptors (Lipinski definition) is 3. The Bertz CT molecular complexity index is 739. The van der Waals surface area contributed by atoms with E-state index in [4.69, 9.17) is 21.3 Å². The standard InChI is InChI=1S/C18H17ClN2O2/c1-2-3-10-21-18(22)14(12-20)11-16-8-9-17(23-16)13-4-6-15(19)7-5-13/h4-9,11H,2-3,10H2,1H3,(H,21,22)/b14-11+. The highest BCUT2D eigenvalue weighted by Crippen LogP contribution is 2.24. The predicted molar refractivity (Wildman–Crippen MR) is 90.7 cm³/mol. The molecular formula is C18H17ClN2O2. The van der Waals surface area contributed by atoms with E-state index in [1.807, 2.05) is 25.1 Å². The lowest BCUT2D eigenvalue weighted by atomic mass is 10.2. The molecule has 0 unspecified atom stereocenters. The van der Waals surface area contributed by atoms with E-state index in [0.29, 0.717) is 23.1 Å². The number of unbranched alkanes of at least 4 members (excludes halogenated alkanes) is 1. The molecule has 1 N–H and O–H groups in total. The Morgan fingerprint density at radius 3 is 2.70 bits per heavy atom. The Labute approximate surface area is 140 Å². The van der Waals surface area contributed by atoms with Crippen LogP contribution < -0.4 is 5.32 Å². The number of hydrogen-bond donors (Lipinski definition) is 1. The van der Waals surface area contributed by atoms with E-state index in [2.05, 4.69) is 5.32 Å². The van der Waals surface area contributed by atoms with Crippen LogP contribution in [0.25, 0.3) is 17.4 Å². The van der Waals surface area contributed by atoms with Gasteiger partial charge >= 0.3 is 0 Å². The summed E-state index contributed by atoms with van der Waals surface area (Å²) in [7, 11) is 0. The molecule has 0 aliphatic carbocycles.